The lowest BCUT2D eigenvalue weighted by molar-refractivity contribution is -0.114. The highest BCUT2D eigenvalue weighted by molar-refractivity contribution is 5.96. The van der Waals surface area contributed by atoms with Crippen molar-refractivity contribution in [1.82, 2.24) is 35.2 Å². The Balaban J connectivity index is 2.01. The summed E-state index contributed by atoms with van der Waals surface area (Å²) >= 11 is 0. The van der Waals surface area contributed by atoms with Crippen LogP contribution in [0.1, 0.15) is 49.0 Å². The zero-order chi connectivity index (χ0) is 23.8. The summed E-state index contributed by atoms with van der Waals surface area (Å²) < 4.78 is 30.1. The van der Waals surface area contributed by atoms with Crippen LogP contribution in [0.2, 0.25) is 0 Å². The minimum absolute atomic E-state index is 0.0243. The van der Waals surface area contributed by atoms with Crippen molar-refractivity contribution in [3.8, 4) is 0 Å². The first-order valence-corrected chi connectivity index (χ1v) is 10.2. The molecule has 3 heterocycles. The number of alkyl halides is 2. The first-order valence-electron chi connectivity index (χ1n) is 10.2. The third-order valence-electron chi connectivity index (χ3n) is 5.77. The maximum absolute atomic E-state index is 14.5. The number of aromatic nitrogens is 7. The summed E-state index contributed by atoms with van der Waals surface area (Å²) in [5.74, 6) is -5.24. The molecule has 0 saturated heterocycles. The van der Waals surface area contributed by atoms with Gasteiger partial charge in [-0.1, -0.05) is 13.0 Å². The van der Waals surface area contributed by atoms with Gasteiger partial charge in [-0.2, -0.15) is 8.78 Å². The zero-order valence-electron chi connectivity index (χ0n) is 18.3. The molecular weight excluding hydrogens is 430 g/mol. The third kappa shape index (κ3) is 4.13. The molecule has 0 spiro atoms. The molecule has 4 rings (SSSR count). The normalized spacial score (nSPS) is 19.5. The number of nitrogens with two attached hydrogens (primary N) is 1. The molecule has 0 aromatic carbocycles. The molecule has 0 radical (unpaired) electrons. The topological polar surface area (TPSA) is 125 Å². The van der Waals surface area contributed by atoms with Gasteiger partial charge in [0.1, 0.15) is 0 Å². The molecule has 0 bridgehead atoms. The van der Waals surface area contributed by atoms with Crippen LogP contribution in [0.3, 0.4) is 0 Å². The van der Waals surface area contributed by atoms with Gasteiger partial charge in [-0.25, -0.2) is 4.68 Å². The highest BCUT2D eigenvalue weighted by Crippen LogP contribution is 2.46. The van der Waals surface area contributed by atoms with Gasteiger partial charge >= 0.3 is 5.92 Å². The van der Waals surface area contributed by atoms with Crippen LogP contribution < -0.4 is 5.73 Å². The molecule has 2 N–H and O–H groups in total. The summed E-state index contributed by atoms with van der Waals surface area (Å²) in [6.07, 6.45) is 9.59. The number of pyridine rings is 1. The highest BCUT2D eigenvalue weighted by Gasteiger charge is 2.47. The first-order chi connectivity index (χ1) is 15.6. The van der Waals surface area contributed by atoms with Gasteiger partial charge in [0, 0.05) is 49.6 Å². The summed E-state index contributed by atoms with van der Waals surface area (Å²) in [6.45, 7) is 4.41. The first kappa shape index (κ1) is 22.3. The van der Waals surface area contributed by atoms with Crippen LogP contribution in [0.4, 0.5) is 8.78 Å². The lowest BCUT2D eigenvalue weighted by Gasteiger charge is -2.40. The number of primary amides is 1. The summed E-state index contributed by atoms with van der Waals surface area (Å²) in [4.78, 5) is 25.3. The summed E-state index contributed by atoms with van der Waals surface area (Å²) in [5, 5.41) is 11.1. The van der Waals surface area contributed by atoms with Crippen LogP contribution in [-0.4, -0.2) is 41.1 Å². The van der Waals surface area contributed by atoms with Crippen LogP contribution in [0.15, 0.2) is 54.6 Å². The Labute approximate surface area is 188 Å². The average molecular weight is 452 g/mol. The maximum atomic E-state index is 14.5. The fraction of sp³-hybridized carbons (Fsp3) is 0.318. The molecule has 11 heteroatoms. The van der Waals surface area contributed by atoms with E-state index in [-0.39, 0.29) is 12.0 Å². The van der Waals surface area contributed by atoms with E-state index in [2.05, 4.69) is 30.5 Å². The van der Waals surface area contributed by atoms with Crippen molar-refractivity contribution < 1.29 is 13.6 Å². The molecule has 2 atom stereocenters. The van der Waals surface area contributed by atoms with Gasteiger partial charge in [0.15, 0.2) is 0 Å². The summed E-state index contributed by atoms with van der Waals surface area (Å²) in [7, 11) is 0. The van der Waals surface area contributed by atoms with E-state index < -0.39 is 29.1 Å². The highest BCUT2D eigenvalue weighted by atomic mass is 19.3. The van der Waals surface area contributed by atoms with Gasteiger partial charge in [-0.05, 0) is 46.7 Å². The lowest BCUT2D eigenvalue weighted by Crippen LogP contribution is -2.44. The minimum atomic E-state index is -3.34. The van der Waals surface area contributed by atoms with E-state index in [1.54, 1.807) is 37.5 Å². The Hall–Kier alpha value is -3.89. The van der Waals surface area contributed by atoms with Gasteiger partial charge in [0.25, 0.3) is 0 Å². The van der Waals surface area contributed by atoms with Gasteiger partial charge in [-0.15, -0.1) is 5.10 Å². The quantitative estimate of drug-likeness (QED) is 0.609. The van der Waals surface area contributed by atoms with E-state index in [9.17, 15) is 13.6 Å². The van der Waals surface area contributed by atoms with Crippen molar-refractivity contribution in [2.45, 2.75) is 44.6 Å². The fourth-order valence-electron chi connectivity index (χ4n) is 3.98. The molecule has 3 aromatic heterocycles. The largest absolute Gasteiger partial charge is 0.366 e. The van der Waals surface area contributed by atoms with Crippen molar-refractivity contribution in [2.75, 3.05) is 0 Å². The molecule has 0 saturated carbocycles. The lowest BCUT2D eigenvalue weighted by atomic mass is 9.73. The van der Waals surface area contributed by atoms with Crippen LogP contribution in [-0.2, 0) is 16.3 Å². The van der Waals surface area contributed by atoms with Gasteiger partial charge < -0.3 is 5.73 Å². The fourth-order valence-corrected chi connectivity index (χ4v) is 3.98. The molecule has 1 amide bonds. The number of halogens is 2. The Morgan fingerprint density at radius 1 is 1.24 bits per heavy atom. The van der Waals surface area contributed by atoms with Crippen molar-refractivity contribution in [3.63, 3.8) is 0 Å². The smallest absolute Gasteiger partial charge is 0.305 e. The predicted octanol–water partition coefficient (Wildman–Crippen LogP) is 2.68. The number of rotatable bonds is 6. The zero-order valence-corrected chi connectivity index (χ0v) is 18.3. The Morgan fingerprint density at radius 3 is 2.64 bits per heavy atom. The number of allylic oxidation sites excluding steroid dienone is 3. The number of hydrogen-bond donors (Lipinski definition) is 1. The number of hydrogen-bond acceptors (Lipinski definition) is 7. The van der Waals surface area contributed by atoms with E-state index in [0.29, 0.717) is 17.0 Å². The number of tetrazole rings is 1. The van der Waals surface area contributed by atoms with Crippen LogP contribution in [0.5, 0.6) is 0 Å². The second kappa shape index (κ2) is 8.23. The van der Waals surface area contributed by atoms with Gasteiger partial charge in [-0.3, -0.25) is 19.7 Å². The minimum Gasteiger partial charge on any atom is -0.366 e. The van der Waals surface area contributed by atoms with E-state index >= 15 is 0 Å². The number of carbonyl (C=O) groups excluding carboxylic acids is 1. The van der Waals surface area contributed by atoms with Crippen LogP contribution in [0.25, 0.3) is 5.57 Å². The summed E-state index contributed by atoms with van der Waals surface area (Å²) in [6, 6.07) is 3.65. The molecular formula is C22H22F2N8O. The predicted molar refractivity (Wildman–Crippen MR) is 115 cm³/mol. The maximum Gasteiger partial charge on any atom is 0.305 e. The molecule has 33 heavy (non-hydrogen) atoms. The van der Waals surface area contributed by atoms with Crippen molar-refractivity contribution >= 4 is 11.5 Å². The molecule has 1 unspecified atom stereocenters. The molecule has 0 aliphatic heterocycles. The summed E-state index contributed by atoms with van der Waals surface area (Å²) in [5.41, 5.74) is 7.11. The SMILES string of the molecule is Cc1ccc(C2=CC([C@H](C)c3cnccn3)(n3nnnc3C(C)(F)F)CC(C(N)=O)=C2)nc1. The number of aryl methyl sites for hydroxylation is 1. The van der Waals surface area contributed by atoms with Crippen molar-refractivity contribution in [1.29, 1.82) is 0 Å². The second-order valence-electron chi connectivity index (χ2n) is 8.18. The van der Waals surface area contributed by atoms with Crippen LogP contribution in [0, 0.1) is 6.92 Å². The Morgan fingerprint density at radius 2 is 2.03 bits per heavy atom. The van der Waals surface area contributed by atoms with Gasteiger partial charge in [0.2, 0.25) is 11.7 Å². The molecule has 170 valence electrons. The monoisotopic (exact) mass is 452 g/mol. The standard InChI is InChI=1S/C22H22F2N8O/c1-13-4-5-17(28-11-13)15-8-16(19(25)33)10-22(9-15,14(2)18-12-26-6-7-27-18)32-20(21(3,23)24)29-30-31-32/h4-9,11-12,14H,10H2,1-3H3,(H2,25,33)/t14-,22?/m1/s1. The Kier molecular flexibility index (Phi) is 5.56. The third-order valence-corrected chi connectivity index (χ3v) is 5.77. The van der Waals surface area contributed by atoms with Crippen molar-refractivity contribution in [3.05, 3.63) is 77.4 Å². The molecule has 9 nitrogen and oxygen atoms in total. The number of amides is 1. The average Bonchev–Trinajstić information content (AvgIpc) is 3.31. The van der Waals surface area contributed by atoms with E-state index in [1.165, 1.54) is 12.4 Å². The second-order valence-corrected chi connectivity index (χ2v) is 8.18. The van der Waals surface area contributed by atoms with E-state index in [4.69, 9.17) is 5.73 Å². The van der Waals surface area contributed by atoms with E-state index in [1.807, 2.05) is 13.0 Å². The molecule has 1 aliphatic carbocycles. The van der Waals surface area contributed by atoms with E-state index in [0.717, 1.165) is 17.2 Å². The van der Waals surface area contributed by atoms with Crippen LogP contribution >= 0.6 is 0 Å². The van der Waals surface area contributed by atoms with Crippen molar-refractivity contribution in [2.24, 2.45) is 5.73 Å². The molecule has 3 aromatic rings. The molecule has 0 fully saturated rings. The molecule has 1 aliphatic rings. The van der Waals surface area contributed by atoms with Gasteiger partial charge in [0.05, 0.1) is 16.9 Å². The number of carbonyl (C=O) groups is 1. The number of nitrogens with zero attached hydrogens (tertiary/aromatic N) is 7. The Bertz CT molecular complexity index is 1230.